The van der Waals surface area contributed by atoms with Crippen LogP contribution in [0.15, 0.2) is 89.8 Å². The number of hydrogen-bond acceptors (Lipinski definition) is 6. The fraction of sp³-hybridized carbons (Fsp3) is 0.129. The molecular formula is C31H25ClN2O5S. The molecule has 0 radical (unpaired) electrons. The standard InChI is InChI=1S/C31H25ClN2O5S/c1-2-38-27-16-20(12-14-26(27)39-19-29(35)33-25-10-6-5-9-24(25)32)17-28-30(36)34(31(37)40-28)18-21-11-13-22-7-3-4-8-23(22)15-21/h3-17H,2,18-19H2,1H3,(H,33,35)/b28-17-. The summed E-state index contributed by atoms with van der Waals surface area (Å²) in [6.45, 7) is 2.14. The molecule has 0 aromatic heterocycles. The molecule has 1 saturated heterocycles. The van der Waals surface area contributed by atoms with Gasteiger partial charge in [-0.25, -0.2) is 0 Å². The molecule has 1 aliphatic rings. The van der Waals surface area contributed by atoms with Crippen LogP contribution in [0, 0.1) is 0 Å². The molecule has 0 spiro atoms. The number of thioether (sulfide) groups is 1. The molecule has 0 unspecified atom stereocenters. The van der Waals surface area contributed by atoms with Gasteiger partial charge in [0.1, 0.15) is 0 Å². The van der Waals surface area contributed by atoms with Gasteiger partial charge >= 0.3 is 0 Å². The van der Waals surface area contributed by atoms with E-state index >= 15 is 0 Å². The predicted octanol–water partition coefficient (Wildman–Crippen LogP) is 7.15. The smallest absolute Gasteiger partial charge is 0.293 e. The lowest BCUT2D eigenvalue weighted by atomic mass is 10.1. The number of rotatable bonds is 9. The number of fused-ring (bicyclic) bond motifs is 1. The second-order valence-corrected chi connectivity index (χ2v) is 10.3. The summed E-state index contributed by atoms with van der Waals surface area (Å²) in [6, 6.07) is 25.9. The van der Waals surface area contributed by atoms with Crippen molar-refractivity contribution in [1.82, 2.24) is 4.90 Å². The molecule has 0 aliphatic carbocycles. The van der Waals surface area contributed by atoms with Crippen LogP contribution < -0.4 is 14.8 Å². The number of anilines is 1. The molecule has 1 N–H and O–H groups in total. The van der Waals surface area contributed by atoms with E-state index in [2.05, 4.69) is 5.32 Å². The maximum atomic E-state index is 13.1. The summed E-state index contributed by atoms with van der Waals surface area (Å²) in [4.78, 5) is 39.8. The predicted molar refractivity (Wildman–Crippen MR) is 159 cm³/mol. The van der Waals surface area contributed by atoms with Crippen LogP contribution in [0.3, 0.4) is 0 Å². The molecule has 5 rings (SSSR count). The minimum Gasteiger partial charge on any atom is -0.490 e. The highest BCUT2D eigenvalue weighted by Gasteiger charge is 2.35. The summed E-state index contributed by atoms with van der Waals surface area (Å²) in [5.74, 6) is 0.0623. The molecule has 3 amide bonds. The van der Waals surface area contributed by atoms with E-state index in [4.69, 9.17) is 21.1 Å². The monoisotopic (exact) mass is 572 g/mol. The fourth-order valence-electron chi connectivity index (χ4n) is 4.20. The molecule has 4 aromatic carbocycles. The van der Waals surface area contributed by atoms with Gasteiger partial charge in [0.05, 0.1) is 28.8 Å². The summed E-state index contributed by atoms with van der Waals surface area (Å²) in [7, 11) is 0. The number of ether oxygens (including phenoxy) is 2. The molecule has 7 nitrogen and oxygen atoms in total. The van der Waals surface area contributed by atoms with Crippen molar-refractivity contribution in [3.63, 3.8) is 0 Å². The molecule has 4 aromatic rings. The Labute approximate surface area is 240 Å². The van der Waals surface area contributed by atoms with Gasteiger partial charge in [0.2, 0.25) is 0 Å². The number of hydrogen-bond donors (Lipinski definition) is 1. The minimum atomic E-state index is -0.375. The molecule has 202 valence electrons. The zero-order chi connectivity index (χ0) is 28.1. The summed E-state index contributed by atoms with van der Waals surface area (Å²) < 4.78 is 11.4. The fourth-order valence-corrected chi connectivity index (χ4v) is 5.22. The Balaban J connectivity index is 1.27. The molecule has 1 fully saturated rings. The zero-order valence-electron chi connectivity index (χ0n) is 21.6. The first-order chi connectivity index (χ1) is 19.4. The number of imide groups is 1. The van der Waals surface area contributed by atoms with Crippen molar-refractivity contribution >= 4 is 63.0 Å². The third-order valence-corrected chi connectivity index (χ3v) is 7.34. The first kappa shape index (κ1) is 27.3. The number of halogens is 1. The Morgan fingerprint density at radius 2 is 1.70 bits per heavy atom. The number of carbonyl (C=O) groups is 3. The van der Waals surface area contributed by atoms with Crippen LogP contribution >= 0.6 is 23.4 Å². The van der Waals surface area contributed by atoms with Gasteiger partial charge in [0, 0.05) is 0 Å². The van der Waals surface area contributed by atoms with E-state index < -0.39 is 0 Å². The van der Waals surface area contributed by atoms with Crippen LogP contribution in [-0.4, -0.2) is 35.2 Å². The molecule has 1 heterocycles. The lowest BCUT2D eigenvalue weighted by Gasteiger charge is -2.14. The topological polar surface area (TPSA) is 84.9 Å². The van der Waals surface area contributed by atoms with Crippen molar-refractivity contribution in [1.29, 1.82) is 0 Å². The molecule has 0 atom stereocenters. The quantitative estimate of drug-likeness (QED) is 0.214. The van der Waals surface area contributed by atoms with Gasteiger partial charge in [-0.3, -0.25) is 19.3 Å². The lowest BCUT2D eigenvalue weighted by Crippen LogP contribution is -2.27. The number of carbonyl (C=O) groups excluding carboxylic acids is 3. The maximum Gasteiger partial charge on any atom is 0.293 e. The van der Waals surface area contributed by atoms with Gasteiger partial charge in [0.25, 0.3) is 17.1 Å². The molecule has 40 heavy (non-hydrogen) atoms. The van der Waals surface area contributed by atoms with Crippen molar-refractivity contribution in [2.24, 2.45) is 0 Å². The molecule has 1 aliphatic heterocycles. The van der Waals surface area contributed by atoms with Gasteiger partial charge in [0.15, 0.2) is 18.1 Å². The van der Waals surface area contributed by atoms with Gasteiger partial charge in [-0.05, 0) is 77.0 Å². The van der Waals surface area contributed by atoms with E-state index in [1.54, 1.807) is 48.5 Å². The van der Waals surface area contributed by atoms with Crippen molar-refractivity contribution < 1.29 is 23.9 Å². The first-order valence-electron chi connectivity index (χ1n) is 12.6. The van der Waals surface area contributed by atoms with Crippen molar-refractivity contribution in [3.05, 3.63) is 106 Å². The molecule has 0 saturated carbocycles. The second-order valence-electron chi connectivity index (χ2n) is 8.91. The van der Waals surface area contributed by atoms with E-state index in [0.29, 0.717) is 39.3 Å². The number of benzene rings is 4. The zero-order valence-corrected chi connectivity index (χ0v) is 23.1. The summed E-state index contributed by atoms with van der Waals surface area (Å²) in [6.07, 6.45) is 1.65. The Kier molecular flexibility index (Phi) is 8.38. The van der Waals surface area contributed by atoms with E-state index in [-0.39, 0.29) is 30.2 Å². The highest BCUT2D eigenvalue weighted by Crippen LogP contribution is 2.35. The summed E-state index contributed by atoms with van der Waals surface area (Å²) in [5.41, 5.74) is 2.03. The maximum absolute atomic E-state index is 13.1. The lowest BCUT2D eigenvalue weighted by molar-refractivity contribution is -0.123. The average molecular weight is 573 g/mol. The summed E-state index contributed by atoms with van der Waals surface area (Å²) in [5, 5.41) is 4.96. The van der Waals surface area contributed by atoms with Crippen molar-refractivity contribution in [3.8, 4) is 11.5 Å². The number of nitrogens with zero attached hydrogens (tertiary/aromatic N) is 1. The SMILES string of the molecule is CCOc1cc(/C=C2\SC(=O)N(Cc3ccc4ccccc4c3)C2=O)ccc1OCC(=O)Nc1ccccc1Cl. The highest BCUT2D eigenvalue weighted by atomic mass is 35.5. The third kappa shape index (κ3) is 6.30. The number of nitrogens with one attached hydrogen (secondary N) is 1. The average Bonchev–Trinajstić information content (AvgIpc) is 3.21. The van der Waals surface area contributed by atoms with E-state index in [0.717, 1.165) is 28.1 Å². The second kappa shape index (κ2) is 12.3. The Morgan fingerprint density at radius 1 is 0.925 bits per heavy atom. The van der Waals surface area contributed by atoms with Gasteiger partial charge in [-0.15, -0.1) is 0 Å². The van der Waals surface area contributed by atoms with E-state index in [9.17, 15) is 14.4 Å². The van der Waals surface area contributed by atoms with Crippen LogP contribution in [0.5, 0.6) is 11.5 Å². The third-order valence-electron chi connectivity index (χ3n) is 6.10. The molecule has 9 heteroatoms. The minimum absolute atomic E-state index is 0.195. The van der Waals surface area contributed by atoms with Crippen molar-refractivity contribution in [2.75, 3.05) is 18.5 Å². The van der Waals surface area contributed by atoms with Gasteiger partial charge in [-0.2, -0.15) is 0 Å². The van der Waals surface area contributed by atoms with Crippen LogP contribution in [0.1, 0.15) is 18.1 Å². The van der Waals surface area contributed by atoms with Crippen LogP contribution in [-0.2, 0) is 16.1 Å². The van der Waals surface area contributed by atoms with Crippen LogP contribution in [0.25, 0.3) is 16.8 Å². The molecular weight excluding hydrogens is 548 g/mol. The van der Waals surface area contributed by atoms with Gasteiger partial charge < -0.3 is 14.8 Å². The first-order valence-corrected chi connectivity index (χ1v) is 13.8. The Morgan fingerprint density at radius 3 is 2.50 bits per heavy atom. The van der Waals surface area contributed by atoms with Crippen molar-refractivity contribution in [2.45, 2.75) is 13.5 Å². The van der Waals surface area contributed by atoms with Crippen LogP contribution in [0.2, 0.25) is 5.02 Å². The van der Waals surface area contributed by atoms with Crippen LogP contribution in [0.4, 0.5) is 10.5 Å². The molecule has 0 bridgehead atoms. The number of para-hydroxylation sites is 1. The highest BCUT2D eigenvalue weighted by molar-refractivity contribution is 8.18. The largest absolute Gasteiger partial charge is 0.490 e. The van der Waals surface area contributed by atoms with E-state index in [1.807, 2.05) is 49.4 Å². The summed E-state index contributed by atoms with van der Waals surface area (Å²) >= 11 is 7.00. The Bertz CT molecular complexity index is 1640. The van der Waals surface area contributed by atoms with Gasteiger partial charge in [-0.1, -0.05) is 66.2 Å². The van der Waals surface area contributed by atoms with E-state index in [1.165, 1.54) is 4.90 Å². The number of amides is 3. The normalized spacial score (nSPS) is 14.2. The Hall–Kier alpha value is -4.27.